The molecule has 0 fully saturated rings. The lowest BCUT2D eigenvalue weighted by atomic mass is 10.3. The molecule has 8 heteroatoms. The molecule has 0 spiro atoms. The van der Waals surface area contributed by atoms with Gasteiger partial charge in [0.25, 0.3) is 5.91 Å². The Balaban J connectivity index is 2.67. The smallest absolute Gasteiger partial charge is 0.260 e. The molecular weight excluding hydrogens is 320 g/mol. The fourth-order valence-electron chi connectivity index (χ4n) is 1.72. The molecule has 0 saturated carbocycles. The highest BCUT2D eigenvalue weighted by atomic mass is 32.2. The molecule has 1 rings (SSSR count). The van der Waals surface area contributed by atoms with Gasteiger partial charge in [0, 0.05) is 19.7 Å². The van der Waals surface area contributed by atoms with E-state index < -0.39 is 16.1 Å². The molecule has 1 aromatic rings. The summed E-state index contributed by atoms with van der Waals surface area (Å²) < 4.78 is 36.7. The number of ether oxygens (including phenoxy) is 2. The fraction of sp³-hybridized carbons (Fsp3) is 0.533. The molecule has 130 valence electrons. The van der Waals surface area contributed by atoms with Crippen molar-refractivity contribution >= 4 is 15.9 Å². The summed E-state index contributed by atoms with van der Waals surface area (Å²) in [6.45, 7) is 5.85. The summed E-state index contributed by atoms with van der Waals surface area (Å²) in [6, 6.07) is 5.92. The molecule has 0 radical (unpaired) electrons. The summed E-state index contributed by atoms with van der Waals surface area (Å²) in [7, 11) is -2.08. The molecule has 0 saturated heterocycles. The lowest BCUT2D eigenvalue weighted by molar-refractivity contribution is -0.127. The van der Waals surface area contributed by atoms with Gasteiger partial charge in [0.1, 0.15) is 5.75 Å². The first-order valence-corrected chi connectivity index (χ1v) is 8.80. The van der Waals surface area contributed by atoms with E-state index in [1.54, 1.807) is 6.92 Å². The second kappa shape index (κ2) is 8.85. The van der Waals surface area contributed by atoms with Crippen molar-refractivity contribution in [3.05, 3.63) is 24.3 Å². The molecule has 7 nitrogen and oxygen atoms in total. The number of benzene rings is 1. The molecule has 0 aromatic heterocycles. The highest BCUT2D eigenvalue weighted by Gasteiger charge is 2.17. The van der Waals surface area contributed by atoms with Crippen molar-refractivity contribution in [2.24, 2.45) is 0 Å². The lowest BCUT2D eigenvalue weighted by Crippen LogP contribution is -2.40. The van der Waals surface area contributed by atoms with Gasteiger partial charge < -0.3 is 14.8 Å². The maximum atomic E-state index is 12.0. The molecule has 0 aliphatic carbocycles. The summed E-state index contributed by atoms with van der Waals surface area (Å²) in [5, 5.41) is 2.75. The minimum absolute atomic E-state index is 0.0271. The zero-order chi connectivity index (χ0) is 17.5. The van der Waals surface area contributed by atoms with E-state index in [1.165, 1.54) is 31.4 Å². The number of nitrogens with one attached hydrogen (secondary N) is 2. The van der Waals surface area contributed by atoms with E-state index in [0.29, 0.717) is 12.4 Å². The lowest BCUT2D eigenvalue weighted by Gasteiger charge is -2.16. The van der Waals surface area contributed by atoms with Gasteiger partial charge in [0.15, 0.2) is 6.10 Å². The van der Waals surface area contributed by atoms with Crippen LogP contribution in [0.25, 0.3) is 0 Å². The maximum Gasteiger partial charge on any atom is 0.260 e. The molecule has 0 aliphatic rings. The number of amides is 1. The minimum Gasteiger partial charge on any atom is -0.481 e. The highest BCUT2D eigenvalue weighted by molar-refractivity contribution is 7.89. The summed E-state index contributed by atoms with van der Waals surface area (Å²) in [5.74, 6) is 0.199. The van der Waals surface area contributed by atoms with Crippen molar-refractivity contribution in [3.63, 3.8) is 0 Å². The Morgan fingerprint density at radius 1 is 1.17 bits per heavy atom. The van der Waals surface area contributed by atoms with Crippen LogP contribution in [0.5, 0.6) is 5.75 Å². The van der Waals surface area contributed by atoms with Gasteiger partial charge in [-0.25, -0.2) is 13.1 Å². The van der Waals surface area contributed by atoms with Gasteiger partial charge in [-0.1, -0.05) is 0 Å². The van der Waals surface area contributed by atoms with Crippen LogP contribution in [0.15, 0.2) is 29.2 Å². The molecule has 1 aromatic carbocycles. The van der Waals surface area contributed by atoms with Gasteiger partial charge in [-0.3, -0.25) is 4.79 Å². The minimum atomic E-state index is -3.57. The molecule has 0 bridgehead atoms. The van der Waals surface area contributed by atoms with E-state index in [1.807, 2.05) is 13.8 Å². The van der Waals surface area contributed by atoms with Crippen LogP contribution in [0.1, 0.15) is 20.8 Å². The number of methoxy groups -OCH3 is 1. The average molecular weight is 344 g/mol. The molecular formula is C15H24N2O5S. The van der Waals surface area contributed by atoms with Crippen LogP contribution in [0.3, 0.4) is 0 Å². The van der Waals surface area contributed by atoms with Crippen molar-refractivity contribution in [2.45, 2.75) is 37.8 Å². The second-order valence-corrected chi connectivity index (χ2v) is 7.05. The predicted molar refractivity (Wildman–Crippen MR) is 86.9 cm³/mol. The number of carbonyl (C=O) groups is 1. The van der Waals surface area contributed by atoms with Crippen LogP contribution >= 0.6 is 0 Å². The number of rotatable bonds is 9. The van der Waals surface area contributed by atoms with E-state index in [0.717, 1.165) is 0 Å². The van der Waals surface area contributed by atoms with Crippen LogP contribution in [0.4, 0.5) is 0 Å². The third-order valence-corrected chi connectivity index (χ3v) is 4.32. The standard InChI is InChI=1S/C15H24N2O5S/c1-11(2)17-15(18)12(3)22-13-5-7-14(8-6-13)23(19,20)16-9-10-21-4/h5-8,11-12,16H,9-10H2,1-4H3,(H,17,18)/t12-/m1/s1. The Hall–Kier alpha value is -1.64. The first-order chi connectivity index (χ1) is 10.8. The molecule has 0 heterocycles. The Labute approximate surface area is 137 Å². The Kier molecular flexibility index (Phi) is 7.47. The second-order valence-electron chi connectivity index (χ2n) is 5.29. The van der Waals surface area contributed by atoms with Gasteiger partial charge in [0.05, 0.1) is 11.5 Å². The molecule has 2 N–H and O–H groups in total. The third kappa shape index (κ3) is 6.55. The fourth-order valence-corrected chi connectivity index (χ4v) is 2.73. The molecule has 0 aliphatic heterocycles. The zero-order valence-electron chi connectivity index (χ0n) is 13.8. The van der Waals surface area contributed by atoms with Gasteiger partial charge >= 0.3 is 0 Å². The molecule has 0 unspecified atom stereocenters. The van der Waals surface area contributed by atoms with Crippen molar-refractivity contribution < 1.29 is 22.7 Å². The SMILES string of the molecule is COCCNS(=O)(=O)c1ccc(O[C@H](C)C(=O)NC(C)C)cc1. The Morgan fingerprint density at radius 3 is 2.30 bits per heavy atom. The van der Waals surface area contributed by atoms with E-state index in [2.05, 4.69) is 10.0 Å². The quantitative estimate of drug-likeness (QED) is 0.649. The van der Waals surface area contributed by atoms with Crippen LogP contribution in [-0.2, 0) is 19.6 Å². The van der Waals surface area contributed by atoms with Gasteiger partial charge in [0.2, 0.25) is 10.0 Å². The monoisotopic (exact) mass is 344 g/mol. The van der Waals surface area contributed by atoms with Crippen molar-refractivity contribution in [1.82, 2.24) is 10.0 Å². The maximum absolute atomic E-state index is 12.0. The van der Waals surface area contributed by atoms with Crippen LogP contribution in [0, 0.1) is 0 Å². The first kappa shape index (κ1) is 19.4. The summed E-state index contributed by atoms with van der Waals surface area (Å²) in [5.41, 5.74) is 0. The van der Waals surface area contributed by atoms with E-state index >= 15 is 0 Å². The van der Waals surface area contributed by atoms with Crippen molar-refractivity contribution in [2.75, 3.05) is 20.3 Å². The van der Waals surface area contributed by atoms with Gasteiger partial charge in [-0.2, -0.15) is 0 Å². The van der Waals surface area contributed by atoms with Crippen LogP contribution in [0.2, 0.25) is 0 Å². The number of carbonyl (C=O) groups excluding carboxylic acids is 1. The van der Waals surface area contributed by atoms with E-state index in [4.69, 9.17) is 9.47 Å². The number of sulfonamides is 1. The average Bonchev–Trinajstić information content (AvgIpc) is 2.47. The van der Waals surface area contributed by atoms with Gasteiger partial charge in [-0.05, 0) is 45.0 Å². The van der Waals surface area contributed by atoms with E-state index in [-0.39, 0.29) is 23.4 Å². The topological polar surface area (TPSA) is 93.7 Å². The van der Waals surface area contributed by atoms with Crippen LogP contribution in [-0.4, -0.2) is 46.7 Å². The third-order valence-electron chi connectivity index (χ3n) is 2.85. The summed E-state index contributed by atoms with van der Waals surface area (Å²) >= 11 is 0. The normalized spacial score (nSPS) is 12.9. The molecule has 23 heavy (non-hydrogen) atoms. The van der Waals surface area contributed by atoms with E-state index in [9.17, 15) is 13.2 Å². The molecule has 1 atom stereocenters. The molecule has 1 amide bonds. The Morgan fingerprint density at radius 2 is 1.78 bits per heavy atom. The number of hydrogen-bond donors (Lipinski definition) is 2. The van der Waals surface area contributed by atoms with Crippen molar-refractivity contribution in [1.29, 1.82) is 0 Å². The van der Waals surface area contributed by atoms with Crippen molar-refractivity contribution in [3.8, 4) is 5.75 Å². The first-order valence-electron chi connectivity index (χ1n) is 7.32. The Bertz CT molecular complexity index is 599. The van der Waals surface area contributed by atoms with Gasteiger partial charge in [-0.15, -0.1) is 0 Å². The zero-order valence-corrected chi connectivity index (χ0v) is 14.6. The summed E-state index contributed by atoms with van der Waals surface area (Å²) in [4.78, 5) is 11.9. The van der Waals surface area contributed by atoms with Crippen LogP contribution < -0.4 is 14.8 Å². The summed E-state index contributed by atoms with van der Waals surface area (Å²) in [6.07, 6.45) is -0.667. The largest absolute Gasteiger partial charge is 0.481 e. The predicted octanol–water partition coefficient (Wildman–Crippen LogP) is 0.903. The highest BCUT2D eigenvalue weighted by Crippen LogP contribution is 2.17. The number of hydrogen-bond acceptors (Lipinski definition) is 5.